The minimum atomic E-state index is -1.16. The number of nitrogens with one attached hydrogen (secondary N) is 1. The van der Waals surface area contributed by atoms with E-state index in [2.05, 4.69) is 37.4 Å². The van der Waals surface area contributed by atoms with Crippen LogP contribution in [0.4, 0.5) is 10.5 Å². The first-order chi connectivity index (χ1) is 23.5. The Kier molecular flexibility index (Phi) is 7.58. The summed E-state index contributed by atoms with van der Waals surface area (Å²) in [6.45, 7) is 5.20. The Morgan fingerprint density at radius 3 is 2.12 bits per heavy atom. The Hall–Kier alpha value is -4.00. The second-order valence-electron chi connectivity index (χ2n) is 16.1. The van der Waals surface area contributed by atoms with Crippen LogP contribution in [0.3, 0.4) is 0 Å². The fourth-order valence-electron chi connectivity index (χ4n) is 11.4. The molecule has 2 bridgehead atoms. The molecular formula is C43H48N2O4. The van der Waals surface area contributed by atoms with E-state index in [1.54, 1.807) is 4.90 Å². The summed E-state index contributed by atoms with van der Waals surface area (Å²) >= 11 is 0. The fraction of sp³-hybridized carbons (Fsp3) is 0.442. The Labute approximate surface area is 289 Å². The zero-order valence-electron chi connectivity index (χ0n) is 28.6. The molecule has 3 fully saturated rings. The summed E-state index contributed by atoms with van der Waals surface area (Å²) in [6.07, 6.45) is 11.9. The smallest absolute Gasteiger partial charge is 0.322 e. The Balaban J connectivity index is 1.19. The third-order valence-electron chi connectivity index (χ3n) is 14.0. The Morgan fingerprint density at radius 1 is 0.796 bits per heavy atom. The van der Waals surface area contributed by atoms with Gasteiger partial charge in [-0.2, -0.15) is 0 Å². The SMILES string of the molecule is C[C@]12CC[C@H]3[C@]4(C=C[C@@]5(C=C4C(=O)c4ccccc4)CC(O)CC[C@]35C)[C@@H]1CC[C@@]2(O)CN(Cc1ccccc1)C(=O)Nc1ccccc1. The molecule has 2 spiro atoms. The molecule has 0 saturated heterocycles. The number of hydrogen-bond acceptors (Lipinski definition) is 4. The van der Waals surface area contributed by atoms with Gasteiger partial charge in [-0.15, -0.1) is 0 Å². The monoisotopic (exact) mass is 656 g/mol. The van der Waals surface area contributed by atoms with E-state index in [0.29, 0.717) is 30.6 Å². The molecule has 49 heavy (non-hydrogen) atoms. The maximum absolute atomic E-state index is 14.7. The van der Waals surface area contributed by atoms with Crippen LogP contribution < -0.4 is 5.32 Å². The number of ketones is 1. The molecule has 3 aromatic rings. The van der Waals surface area contributed by atoms with Crippen molar-refractivity contribution < 1.29 is 19.8 Å². The van der Waals surface area contributed by atoms with Crippen molar-refractivity contribution in [3.63, 3.8) is 0 Å². The van der Waals surface area contributed by atoms with Gasteiger partial charge in [0.1, 0.15) is 0 Å². The van der Waals surface area contributed by atoms with Crippen LogP contribution in [0.2, 0.25) is 0 Å². The van der Waals surface area contributed by atoms with Crippen LogP contribution >= 0.6 is 0 Å². The quantitative estimate of drug-likeness (QED) is 0.177. The van der Waals surface area contributed by atoms with Gasteiger partial charge in [-0.3, -0.25) is 4.79 Å². The second-order valence-corrected chi connectivity index (χ2v) is 16.1. The van der Waals surface area contributed by atoms with Crippen LogP contribution in [0.25, 0.3) is 0 Å². The van der Waals surface area contributed by atoms with E-state index in [-0.39, 0.29) is 41.0 Å². The van der Waals surface area contributed by atoms with E-state index in [1.165, 1.54) is 0 Å². The van der Waals surface area contributed by atoms with E-state index in [9.17, 15) is 19.8 Å². The second kappa shape index (κ2) is 11.5. The predicted molar refractivity (Wildman–Crippen MR) is 192 cm³/mol. The number of anilines is 1. The van der Waals surface area contributed by atoms with Crippen molar-refractivity contribution in [3.8, 4) is 0 Å². The topological polar surface area (TPSA) is 89.9 Å². The van der Waals surface area contributed by atoms with Gasteiger partial charge < -0.3 is 20.4 Å². The molecule has 6 aliphatic carbocycles. The predicted octanol–water partition coefficient (Wildman–Crippen LogP) is 8.19. The van der Waals surface area contributed by atoms with Gasteiger partial charge in [0, 0.05) is 39.6 Å². The third kappa shape index (κ3) is 4.74. The standard InChI is InChI=1S/C43H48N2O4/c1-39-21-18-33(46)26-41(39)24-25-43(34(27-41)37(47)31-14-8-4-9-15-31)35(39)19-22-40(2)36(43)20-23-42(40,49)29-45(28-30-12-6-3-7-13-30)38(48)44-32-16-10-5-11-17-32/h3-17,24-25,27,33,35-36,46,49H,18-23,26,28-29H2,1-2H3,(H,44,48)/t33?,35-,36-,39-,40+,41+,42-,43-/m1/s1. The van der Waals surface area contributed by atoms with Gasteiger partial charge in [0.05, 0.1) is 18.2 Å². The van der Waals surface area contributed by atoms with E-state index in [0.717, 1.165) is 43.2 Å². The van der Waals surface area contributed by atoms with Gasteiger partial charge >= 0.3 is 6.03 Å². The summed E-state index contributed by atoms with van der Waals surface area (Å²) in [5.74, 6) is 0.285. The van der Waals surface area contributed by atoms with Crippen molar-refractivity contribution >= 4 is 17.5 Å². The number of amides is 2. The van der Waals surface area contributed by atoms with Crippen LogP contribution in [-0.4, -0.2) is 45.2 Å². The Morgan fingerprint density at radius 2 is 1.41 bits per heavy atom. The number of fused-ring (bicyclic) bond motifs is 1. The van der Waals surface area contributed by atoms with Crippen molar-refractivity contribution in [1.82, 2.24) is 4.90 Å². The number of allylic oxidation sites excluding steroid dienone is 4. The summed E-state index contributed by atoms with van der Waals surface area (Å²) < 4.78 is 0. The van der Waals surface area contributed by atoms with Crippen molar-refractivity contribution in [2.45, 2.75) is 77.0 Å². The minimum absolute atomic E-state index is 0.0108. The molecule has 6 heteroatoms. The molecule has 6 aliphatic rings. The van der Waals surface area contributed by atoms with Crippen LogP contribution in [0, 0.1) is 33.5 Å². The molecule has 0 aliphatic heterocycles. The number of rotatable bonds is 7. The summed E-state index contributed by atoms with van der Waals surface area (Å²) in [5.41, 5.74) is 0.523. The van der Waals surface area contributed by atoms with Crippen molar-refractivity contribution in [3.05, 3.63) is 126 Å². The molecular weight excluding hydrogens is 608 g/mol. The molecule has 254 valence electrons. The number of carbonyl (C=O) groups is 2. The van der Waals surface area contributed by atoms with Gasteiger partial charge in [0.2, 0.25) is 0 Å². The number of urea groups is 1. The van der Waals surface area contributed by atoms with E-state index in [4.69, 9.17) is 0 Å². The largest absolute Gasteiger partial charge is 0.393 e. The number of para-hydroxylation sites is 1. The van der Waals surface area contributed by atoms with Gasteiger partial charge in [-0.25, -0.2) is 4.79 Å². The van der Waals surface area contributed by atoms with Crippen molar-refractivity contribution in [2.24, 2.45) is 33.5 Å². The molecule has 1 unspecified atom stereocenters. The van der Waals surface area contributed by atoms with Crippen molar-refractivity contribution in [2.75, 3.05) is 11.9 Å². The average Bonchev–Trinajstić information content (AvgIpc) is 3.38. The van der Waals surface area contributed by atoms with Crippen molar-refractivity contribution in [1.29, 1.82) is 0 Å². The Bertz CT molecular complexity index is 1810. The summed E-state index contributed by atoms with van der Waals surface area (Å²) in [4.78, 5) is 30.5. The number of carbonyl (C=O) groups excluding carboxylic acids is 2. The van der Waals surface area contributed by atoms with E-state index >= 15 is 0 Å². The fourth-order valence-corrected chi connectivity index (χ4v) is 11.4. The molecule has 3 saturated carbocycles. The maximum Gasteiger partial charge on any atom is 0.322 e. The molecule has 6 nitrogen and oxygen atoms in total. The lowest BCUT2D eigenvalue weighted by atomic mass is 9.32. The number of Topliss-reactive ketones (excluding diaryl/α,β-unsaturated/α-hetero) is 1. The normalized spacial score (nSPS) is 37.0. The zero-order valence-corrected chi connectivity index (χ0v) is 28.6. The maximum atomic E-state index is 14.7. The lowest BCUT2D eigenvalue weighted by Gasteiger charge is -2.71. The first-order valence-electron chi connectivity index (χ1n) is 18.1. The molecule has 2 amide bonds. The third-order valence-corrected chi connectivity index (χ3v) is 14.0. The lowest BCUT2D eigenvalue weighted by molar-refractivity contribution is -0.174. The number of aliphatic hydroxyl groups is 2. The molecule has 9 rings (SSSR count). The zero-order chi connectivity index (χ0) is 34.1. The van der Waals surface area contributed by atoms with Crippen LogP contribution in [0.1, 0.15) is 74.7 Å². The molecule has 3 N–H and O–H groups in total. The molecule has 8 atom stereocenters. The highest BCUT2D eigenvalue weighted by molar-refractivity contribution is 6.10. The number of nitrogens with zero attached hydrogens (tertiary/aromatic N) is 1. The first-order valence-corrected chi connectivity index (χ1v) is 18.1. The van der Waals surface area contributed by atoms with Crippen LogP contribution in [0.15, 0.2) is 115 Å². The summed E-state index contributed by atoms with van der Waals surface area (Å²) in [7, 11) is 0. The van der Waals surface area contributed by atoms with Gasteiger partial charge in [0.15, 0.2) is 5.78 Å². The molecule has 0 heterocycles. The van der Waals surface area contributed by atoms with E-state index in [1.807, 2.05) is 91.0 Å². The molecule has 0 radical (unpaired) electrons. The van der Waals surface area contributed by atoms with E-state index < -0.39 is 22.5 Å². The minimum Gasteiger partial charge on any atom is -0.393 e. The average molecular weight is 657 g/mol. The number of benzene rings is 3. The van der Waals surface area contributed by atoms with Crippen LogP contribution in [-0.2, 0) is 6.54 Å². The molecule has 0 aromatic heterocycles. The van der Waals surface area contributed by atoms with Gasteiger partial charge in [-0.05, 0) is 79.9 Å². The summed E-state index contributed by atoms with van der Waals surface area (Å²) in [6, 6.07) is 28.8. The number of aliphatic hydroxyl groups excluding tert-OH is 1. The summed E-state index contributed by atoms with van der Waals surface area (Å²) in [5, 5.41) is 27.1. The van der Waals surface area contributed by atoms with Crippen LogP contribution in [0.5, 0.6) is 0 Å². The first kappa shape index (κ1) is 32.2. The number of hydrogen-bond donors (Lipinski definition) is 3. The van der Waals surface area contributed by atoms with Gasteiger partial charge in [0.25, 0.3) is 0 Å². The van der Waals surface area contributed by atoms with Gasteiger partial charge in [-0.1, -0.05) is 111 Å². The highest BCUT2D eigenvalue weighted by Gasteiger charge is 2.74. The lowest BCUT2D eigenvalue weighted by Crippen LogP contribution is -2.67. The molecule has 3 aromatic carbocycles. The highest BCUT2D eigenvalue weighted by atomic mass is 16.3. The highest BCUT2D eigenvalue weighted by Crippen LogP contribution is 2.78.